The predicted octanol–water partition coefficient (Wildman–Crippen LogP) is 2.82. The molecule has 118 valence electrons. The summed E-state index contributed by atoms with van der Waals surface area (Å²) < 4.78 is 0. The number of carbonyl (C=O) groups excluding carboxylic acids is 1. The zero-order valence-corrected chi connectivity index (χ0v) is 13.8. The Morgan fingerprint density at radius 2 is 2.00 bits per heavy atom. The molecule has 3 N–H and O–H groups in total. The van der Waals surface area contributed by atoms with Gasteiger partial charge in [-0.1, -0.05) is 13.8 Å². The topological polar surface area (TPSA) is 58.4 Å². The van der Waals surface area contributed by atoms with Crippen molar-refractivity contribution in [1.82, 2.24) is 10.2 Å². The average Bonchev–Trinajstić information content (AvgIpc) is 2.43. The van der Waals surface area contributed by atoms with Crippen LogP contribution in [-0.4, -0.2) is 36.5 Å². The molecule has 0 aromatic heterocycles. The smallest absolute Gasteiger partial charge is 0.251 e. The van der Waals surface area contributed by atoms with Gasteiger partial charge in [-0.3, -0.25) is 4.79 Å². The van der Waals surface area contributed by atoms with Crippen LogP contribution in [0.1, 0.15) is 49.5 Å². The highest BCUT2D eigenvalue weighted by molar-refractivity contribution is 5.96. The first-order valence-electron chi connectivity index (χ1n) is 7.87. The number of amides is 1. The SMILES string of the molecule is CCN(CC)CCCC(C)NC(=O)c1ccc(N)cc1C. The molecule has 0 heterocycles. The Balaban J connectivity index is 2.43. The van der Waals surface area contributed by atoms with Gasteiger partial charge in [-0.05, 0) is 70.1 Å². The molecule has 0 bridgehead atoms. The number of benzene rings is 1. The third-order valence-electron chi connectivity index (χ3n) is 3.88. The maximum absolute atomic E-state index is 12.2. The normalized spacial score (nSPS) is 12.4. The molecule has 4 nitrogen and oxygen atoms in total. The van der Waals surface area contributed by atoms with E-state index in [1.807, 2.05) is 13.0 Å². The van der Waals surface area contributed by atoms with Crippen LogP contribution < -0.4 is 11.1 Å². The highest BCUT2D eigenvalue weighted by Crippen LogP contribution is 2.13. The van der Waals surface area contributed by atoms with E-state index in [0.29, 0.717) is 11.3 Å². The quantitative estimate of drug-likeness (QED) is 0.724. The van der Waals surface area contributed by atoms with Crippen molar-refractivity contribution in [3.05, 3.63) is 29.3 Å². The van der Waals surface area contributed by atoms with E-state index in [9.17, 15) is 4.79 Å². The van der Waals surface area contributed by atoms with E-state index in [2.05, 4.69) is 31.0 Å². The molecule has 0 aliphatic heterocycles. The number of nitrogen functional groups attached to an aromatic ring is 1. The average molecular weight is 291 g/mol. The van der Waals surface area contributed by atoms with Gasteiger partial charge in [-0.25, -0.2) is 0 Å². The summed E-state index contributed by atoms with van der Waals surface area (Å²) in [4.78, 5) is 14.6. The number of hydrogen-bond acceptors (Lipinski definition) is 3. The van der Waals surface area contributed by atoms with Crippen molar-refractivity contribution in [2.45, 2.75) is 46.6 Å². The molecule has 0 fully saturated rings. The summed E-state index contributed by atoms with van der Waals surface area (Å²) in [5.41, 5.74) is 8.03. The Morgan fingerprint density at radius 1 is 1.33 bits per heavy atom. The molecule has 1 aromatic rings. The van der Waals surface area contributed by atoms with E-state index in [1.54, 1.807) is 12.1 Å². The molecule has 0 saturated heterocycles. The third kappa shape index (κ3) is 5.76. The van der Waals surface area contributed by atoms with Crippen molar-refractivity contribution < 1.29 is 4.79 Å². The highest BCUT2D eigenvalue weighted by Gasteiger charge is 2.12. The van der Waals surface area contributed by atoms with Gasteiger partial charge in [0.1, 0.15) is 0 Å². The van der Waals surface area contributed by atoms with Gasteiger partial charge in [0, 0.05) is 17.3 Å². The summed E-state index contributed by atoms with van der Waals surface area (Å²) in [6.45, 7) is 11.6. The van der Waals surface area contributed by atoms with Crippen LogP contribution in [0.2, 0.25) is 0 Å². The van der Waals surface area contributed by atoms with Gasteiger partial charge in [0.2, 0.25) is 0 Å². The molecule has 0 aliphatic rings. The van der Waals surface area contributed by atoms with Crippen molar-refractivity contribution in [3.63, 3.8) is 0 Å². The van der Waals surface area contributed by atoms with E-state index in [-0.39, 0.29) is 11.9 Å². The first kappa shape index (κ1) is 17.5. The van der Waals surface area contributed by atoms with Crippen LogP contribution in [0.3, 0.4) is 0 Å². The molecule has 0 spiro atoms. The summed E-state index contributed by atoms with van der Waals surface area (Å²) >= 11 is 0. The summed E-state index contributed by atoms with van der Waals surface area (Å²) in [6, 6.07) is 5.58. The van der Waals surface area contributed by atoms with Crippen LogP contribution in [0, 0.1) is 6.92 Å². The van der Waals surface area contributed by atoms with Crippen LogP contribution >= 0.6 is 0 Å². The van der Waals surface area contributed by atoms with Gasteiger partial charge in [0.25, 0.3) is 5.91 Å². The fourth-order valence-corrected chi connectivity index (χ4v) is 2.48. The van der Waals surface area contributed by atoms with Crippen molar-refractivity contribution in [2.75, 3.05) is 25.4 Å². The monoisotopic (exact) mass is 291 g/mol. The largest absolute Gasteiger partial charge is 0.399 e. The summed E-state index contributed by atoms with van der Waals surface area (Å²) in [5, 5.41) is 3.07. The number of nitrogens with one attached hydrogen (secondary N) is 1. The fourth-order valence-electron chi connectivity index (χ4n) is 2.48. The second-order valence-corrected chi connectivity index (χ2v) is 5.62. The van der Waals surface area contributed by atoms with E-state index in [1.165, 1.54) is 0 Å². The van der Waals surface area contributed by atoms with Crippen molar-refractivity contribution >= 4 is 11.6 Å². The maximum Gasteiger partial charge on any atom is 0.251 e. The highest BCUT2D eigenvalue weighted by atomic mass is 16.1. The van der Waals surface area contributed by atoms with Crippen LogP contribution in [0.5, 0.6) is 0 Å². The molecule has 0 saturated carbocycles. The number of hydrogen-bond donors (Lipinski definition) is 2. The lowest BCUT2D eigenvalue weighted by atomic mass is 10.1. The van der Waals surface area contributed by atoms with Crippen LogP contribution in [0.25, 0.3) is 0 Å². The molecule has 21 heavy (non-hydrogen) atoms. The van der Waals surface area contributed by atoms with Gasteiger partial charge < -0.3 is 16.0 Å². The summed E-state index contributed by atoms with van der Waals surface area (Å²) in [6.07, 6.45) is 2.10. The molecule has 1 amide bonds. The number of rotatable bonds is 8. The molecular formula is C17H29N3O. The van der Waals surface area contributed by atoms with E-state index >= 15 is 0 Å². The lowest BCUT2D eigenvalue weighted by Gasteiger charge is -2.20. The number of anilines is 1. The van der Waals surface area contributed by atoms with Crippen molar-refractivity contribution in [1.29, 1.82) is 0 Å². The fraction of sp³-hybridized carbons (Fsp3) is 0.588. The summed E-state index contributed by atoms with van der Waals surface area (Å²) in [7, 11) is 0. The Hall–Kier alpha value is -1.55. The van der Waals surface area contributed by atoms with Crippen LogP contribution in [0.15, 0.2) is 18.2 Å². The lowest BCUT2D eigenvalue weighted by molar-refractivity contribution is 0.0936. The minimum absolute atomic E-state index is 0.0113. The predicted molar refractivity (Wildman–Crippen MR) is 89.5 cm³/mol. The van der Waals surface area contributed by atoms with E-state index < -0.39 is 0 Å². The zero-order valence-electron chi connectivity index (χ0n) is 13.8. The minimum Gasteiger partial charge on any atom is -0.399 e. The van der Waals surface area contributed by atoms with Gasteiger partial charge in [0.05, 0.1) is 0 Å². The second kappa shape index (κ2) is 8.67. The zero-order chi connectivity index (χ0) is 15.8. The molecule has 1 rings (SSSR count). The van der Waals surface area contributed by atoms with E-state index in [0.717, 1.165) is 38.0 Å². The van der Waals surface area contributed by atoms with Gasteiger partial charge in [-0.15, -0.1) is 0 Å². The molecule has 0 radical (unpaired) electrons. The number of nitrogens with two attached hydrogens (primary N) is 1. The van der Waals surface area contributed by atoms with Gasteiger partial charge >= 0.3 is 0 Å². The van der Waals surface area contributed by atoms with Crippen molar-refractivity contribution in [3.8, 4) is 0 Å². The maximum atomic E-state index is 12.2. The standard InChI is InChI=1S/C17H29N3O/c1-5-20(6-2)11-7-8-14(4)19-17(21)16-10-9-15(18)12-13(16)3/h9-10,12,14H,5-8,11,18H2,1-4H3,(H,19,21). The number of nitrogens with zero attached hydrogens (tertiary/aromatic N) is 1. The van der Waals surface area contributed by atoms with Gasteiger partial charge in [-0.2, -0.15) is 0 Å². The Bertz CT molecular complexity index is 455. The molecule has 1 atom stereocenters. The second-order valence-electron chi connectivity index (χ2n) is 5.62. The number of aryl methyl sites for hydroxylation is 1. The van der Waals surface area contributed by atoms with Crippen LogP contribution in [0.4, 0.5) is 5.69 Å². The third-order valence-corrected chi connectivity index (χ3v) is 3.88. The molecule has 1 unspecified atom stereocenters. The first-order chi connectivity index (χ1) is 9.97. The molecule has 0 aliphatic carbocycles. The van der Waals surface area contributed by atoms with E-state index in [4.69, 9.17) is 5.73 Å². The number of carbonyl (C=O) groups is 1. The molecular weight excluding hydrogens is 262 g/mol. The van der Waals surface area contributed by atoms with Crippen molar-refractivity contribution in [2.24, 2.45) is 0 Å². The molecule has 1 aromatic carbocycles. The van der Waals surface area contributed by atoms with Gasteiger partial charge in [0.15, 0.2) is 0 Å². The first-order valence-corrected chi connectivity index (χ1v) is 7.87. The molecule has 4 heteroatoms. The Morgan fingerprint density at radius 3 is 2.57 bits per heavy atom. The Labute approximate surface area is 128 Å². The minimum atomic E-state index is -0.0113. The summed E-state index contributed by atoms with van der Waals surface area (Å²) in [5.74, 6) is -0.0113. The Kier molecular flexibility index (Phi) is 7.23. The lowest BCUT2D eigenvalue weighted by Crippen LogP contribution is -2.34. The van der Waals surface area contributed by atoms with Crippen LogP contribution in [-0.2, 0) is 0 Å².